The molecule has 5 heteroatoms. The number of rotatable bonds is 3. The molecular weight excluding hydrogens is 326 g/mol. The summed E-state index contributed by atoms with van der Waals surface area (Å²) in [6, 6.07) is 6.10. The van der Waals surface area contributed by atoms with E-state index in [2.05, 4.69) is 15.5 Å². The monoisotopic (exact) mass is 355 g/mol. The fourth-order valence-electron chi connectivity index (χ4n) is 5.30. The highest BCUT2D eigenvalue weighted by molar-refractivity contribution is 5.94. The van der Waals surface area contributed by atoms with E-state index in [4.69, 9.17) is 0 Å². The Morgan fingerprint density at radius 1 is 1.04 bits per heavy atom. The zero-order chi connectivity index (χ0) is 18.3. The van der Waals surface area contributed by atoms with Crippen LogP contribution in [0, 0.1) is 24.7 Å². The Balaban J connectivity index is 1.49. The Morgan fingerprint density at radius 2 is 1.73 bits per heavy atom. The normalized spacial score (nSPS) is 29.4. The summed E-state index contributed by atoms with van der Waals surface area (Å²) >= 11 is 0. The van der Waals surface area contributed by atoms with Crippen molar-refractivity contribution in [3.05, 3.63) is 23.8 Å². The highest BCUT2D eigenvalue weighted by Gasteiger charge is 2.44. The molecule has 4 bridgehead atoms. The van der Waals surface area contributed by atoms with E-state index in [1.54, 1.807) is 0 Å². The molecule has 5 rings (SSSR count). The molecule has 0 aromatic heterocycles. The van der Waals surface area contributed by atoms with Gasteiger partial charge in [-0.25, -0.2) is 4.79 Å². The van der Waals surface area contributed by atoms with Crippen LogP contribution in [0.2, 0.25) is 0 Å². The van der Waals surface area contributed by atoms with Crippen molar-refractivity contribution in [2.75, 3.05) is 17.2 Å². The maximum atomic E-state index is 13.1. The van der Waals surface area contributed by atoms with Gasteiger partial charge >= 0.3 is 6.03 Å². The first-order chi connectivity index (χ1) is 12.5. The second kappa shape index (κ2) is 6.93. The number of nitrogens with one attached hydrogen (secondary N) is 2. The average molecular weight is 355 g/mol. The maximum absolute atomic E-state index is 13.1. The van der Waals surface area contributed by atoms with E-state index >= 15 is 0 Å². The smallest absolute Gasteiger partial charge is 0.322 e. The van der Waals surface area contributed by atoms with Gasteiger partial charge in [0.15, 0.2) is 0 Å². The number of urea groups is 1. The SMILES string of the molecule is CCC(=O)Nc1ccc(C)c(NC(=O)N2CC3CC4CC(C3)CC2C4)c1. The minimum atomic E-state index is -0.0216. The number of carbonyl (C=O) groups excluding carboxylic acids is 2. The van der Waals surface area contributed by atoms with Gasteiger partial charge in [-0.2, -0.15) is 0 Å². The van der Waals surface area contributed by atoms with Crippen LogP contribution in [0.25, 0.3) is 0 Å². The summed E-state index contributed by atoms with van der Waals surface area (Å²) in [5.41, 5.74) is 2.52. The van der Waals surface area contributed by atoms with E-state index < -0.39 is 0 Å². The average Bonchev–Trinajstić information content (AvgIpc) is 2.81. The minimum absolute atomic E-state index is 0.0188. The third-order valence-corrected chi connectivity index (χ3v) is 6.45. The molecule has 3 amide bonds. The van der Waals surface area contributed by atoms with E-state index in [9.17, 15) is 9.59 Å². The van der Waals surface area contributed by atoms with Crippen LogP contribution < -0.4 is 10.6 Å². The molecule has 0 spiro atoms. The minimum Gasteiger partial charge on any atom is -0.326 e. The Kier molecular flexibility index (Phi) is 4.63. The molecule has 140 valence electrons. The molecule has 1 aromatic carbocycles. The number of fused-ring (bicyclic) bond motifs is 1. The standard InChI is InChI=1S/C21H29N3O2/c1-3-20(25)22-17-5-4-13(2)19(11-17)23-21(26)24-12-16-7-14-6-15(8-16)10-18(24)9-14/h4-5,11,14-16,18H,3,6-10,12H2,1-2H3,(H,22,25)(H,23,26). The lowest BCUT2D eigenvalue weighted by Gasteiger charge is -2.38. The van der Waals surface area contributed by atoms with E-state index in [1.165, 1.54) is 32.1 Å². The second-order valence-corrected chi connectivity index (χ2v) is 8.44. The van der Waals surface area contributed by atoms with E-state index in [-0.39, 0.29) is 11.9 Å². The zero-order valence-corrected chi connectivity index (χ0v) is 15.8. The number of benzene rings is 1. The quantitative estimate of drug-likeness (QED) is 0.845. The Morgan fingerprint density at radius 3 is 2.42 bits per heavy atom. The van der Waals surface area contributed by atoms with Gasteiger partial charge in [0, 0.05) is 30.4 Å². The second-order valence-electron chi connectivity index (χ2n) is 8.44. The largest absolute Gasteiger partial charge is 0.326 e. The summed E-state index contributed by atoms with van der Waals surface area (Å²) in [5.74, 6) is 2.30. The van der Waals surface area contributed by atoms with E-state index in [1.807, 2.05) is 32.0 Å². The number of carbonyl (C=O) groups is 2. The van der Waals surface area contributed by atoms with Gasteiger partial charge in [0.1, 0.15) is 0 Å². The van der Waals surface area contributed by atoms with Crippen LogP contribution in [-0.4, -0.2) is 29.4 Å². The van der Waals surface area contributed by atoms with Crippen molar-refractivity contribution >= 4 is 23.3 Å². The molecule has 1 aromatic rings. The summed E-state index contributed by atoms with van der Waals surface area (Å²) in [7, 11) is 0. The predicted octanol–water partition coefficient (Wildman–Crippen LogP) is 4.39. The number of aryl methyl sites for hydroxylation is 1. The third kappa shape index (κ3) is 3.44. The lowest BCUT2D eigenvalue weighted by Crippen LogP contribution is -2.44. The summed E-state index contributed by atoms with van der Waals surface area (Å²) in [6.07, 6.45) is 6.76. The highest BCUT2D eigenvalue weighted by Crippen LogP contribution is 2.47. The number of amides is 3. The van der Waals surface area contributed by atoms with Gasteiger partial charge in [0.05, 0.1) is 0 Å². The van der Waals surface area contributed by atoms with Gasteiger partial charge in [-0.05, 0) is 74.5 Å². The van der Waals surface area contributed by atoms with Crippen LogP contribution in [0.1, 0.15) is 51.0 Å². The third-order valence-electron chi connectivity index (χ3n) is 6.45. The number of hydrogen-bond donors (Lipinski definition) is 2. The fraction of sp³-hybridized carbons (Fsp3) is 0.619. The molecule has 2 saturated heterocycles. The molecule has 5 nitrogen and oxygen atoms in total. The molecule has 2 aliphatic carbocycles. The number of nitrogens with zero attached hydrogens (tertiary/aromatic N) is 1. The molecule has 2 saturated carbocycles. The van der Waals surface area contributed by atoms with Crippen LogP contribution in [0.5, 0.6) is 0 Å². The van der Waals surface area contributed by atoms with Gasteiger partial charge in [0.25, 0.3) is 0 Å². The van der Waals surface area contributed by atoms with Gasteiger partial charge < -0.3 is 15.5 Å². The highest BCUT2D eigenvalue weighted by atomic mass is 16.2. The Hall–Kier alpha value is -2.04. The fourth-order valence-corrected chi connectivity index (χ4v) is 5.30. The van der Waals surface area contributed by atoms with Gasteiger partial charge in [-0.1, -0.05) is 13.0 Å². The molecule has 0 radical (unpaired) electrons. The first-order valence-electron chi connectivity index (χ1n) is 10.00. The van der Waals surface area contributed by atoms with Crippen LogP contribution in [0.3, 0.4) is 0 Å². The van der Waals surface area contributed by atoms with E-state index in [0.29, 0.717) is 18.4 Å². The maximum Gasteiger partial charge on any atom is 0.322 e. The molecule has 26 heavy (non-hydrogen) atoms. The van der Waals surface area contributed by atoms with E-state index in [0.717, 1.165) is 35.3 Å². The van der Waals surface area contributed by atoms with Crippen LogP contribution >= 0.6 is 0 Å². The summed E-state index contributed by atoms with van der Waals surface area (Å²) in [4.78, 5) is 26.8. The summed E-state index contributed by atoms with van der Waals surface area (Å²) in [6.45, 7) is 4.71. The van der Waals surface area contributed by atoms with Crippen molar-refractivity contribution in [2.45, 2.75) is 58.4 Å². The zero-order valence-electron chi connectivity index (χ0n) is 15.8. The van der Waals surface area contributed by atoms with Crippen molar-refractivity contribution in [3.63, 3.8) is 0 Å². The number of hydrogen-bond acceptors (Lipinski definition) is 2. The molecule has 2 unspecified atom stereocenters. The molecular formula is C21H29N3O2. The van der Waals surface area contributed by atoms with Crippen LogP contribution in [0.4, 0.5) is 16.2 Å². The van der Waals surface area contributed by atoms with Crippen molar-refractivity contribution in [3.8, 4) is 0 Å². The lowest BCUT2D eigenvalue weighted by molar-refractivity contribution is -0.115. The molecule has 2 heterocycles. The predicted molar refractivity (Wildman–Crippen MR) is 103 cm³/mol. The molecule has 4 fully saturated rings. The van der Waals surface area contributed by atoms with Gasteiger partial charge in [-0.15, -0.1) is 0 Å². The molecule has 2 atom stereocenters. The van der Waals surface area contributed by atoms with Crippen molar-refractivity contribution in [1.82, 2.24) is 4.90 Å². The Bertz CT molecular complexity index is 703. The number of anilines is 2. The molecule has 2 aliphatic heterocycles. The van der Waals surface area contributed by atoms with Gasteiger partial charge in [-0.3, -0.25) is 4.79 Å². The van der Waals surface area contributed by atoms with Crippen LogP contribution in [0.15, 0.2) is 18.2 Å². The van der Waals surface area contributed by atoms with Crippen molar-refractivity contribution < 1.29 is 9.59 Å². The lowest BCUT2D eigenvalue weighted by atomic mass is 9.68. The first kappa shape index (κ1) is 17.4. The molecule has 4 aliphatic rings. The van der Waals surface area contributed by atoms with Gasteiger partial charge in [0.2, 0.25) is 5.91 Å². The van der Waals surface area contributed by atoms with Crippen molar-refractivity contribution in [2.24, 2.45) is 17.8 Å². The molecule has 2 N–H and O–H groups in total. The summed E-state index contributed by atoms with van der Waals surface area (Å²) < 4.78 is 0. The van der Waals surface area contributed by atoms with Crippen LogP contribution in [-0.2, 0) is 4.79 Å². The first-order valence-corrected chi connectivity index (χ1v) is 10.00. The van der Waals surface area contributed by atoms with Crippen molar-refractivity contribution in [1.29, 1.82) is 0 Å². The topological polar surface area (TPSA) is 61.4 Å². The Labute approximate surface area is 155 Å². The summed E-state index contributed by atoms with van der Waals surface area (Å²) in [5, 5.41) is 5.98.